The summed E-state index contributed by atoms with van der Waals surface area (Å²) in [5.74, 6) is -1.28. The van der Waals surface area contributed by atoms with Crippen LogP contribution in [0.1, 0.15) is 53.9 Å². The largest absolute Gasteiger partial charge is 0.462 e. The van der Waals surface area contributed by atoms with Crippen molar-refractivity contribution < 1.29 is 53.3 Å². The number of cyclic esters (lactones) is 1. The van der Waals surface area contributed by atoms with E-state index < -0.39 is 78.9 Å². The molecule has 0 aromatic carbocycles. The number of carbonyl (C=O) groups excluding carboxylic acids is 1. The van der Waals surface area contributed by atoms with Crippen LogP contribution in [0, 0.1) is 11.8 Å². The van der Waals surface area contributed by atoms with E-state index in [9.17, 15) is 20.1 Å². The zero-order valence-corrected chi connectivity index (χ0v) is 22.4. The van der Waals surface area contributed by atoms with Gasteiger partial charge in [-0.2, -0.15) is 0 Å². The van der Waals surface area contributed by atoms with Crippen molar-refractivity contribution in [2.24, 2.45) is 11.8 Å². The maximum absolute atomic E-state index is 12.1. The Bertz CT molecular complexity index is 718. The van der Waals surface area contributed by atoms with Crippen LogP contribution in [0.4, 0.5) is 0 Å². The van der Waals surface area contributed by atoms with E-state index in [4.69, 9.17) is 33.2 Å². The molecule has 11 heteroatoms. The summed E-state index contributed by atoms with van der Waals surface area (Å²) in [5.41, 5.74) is -1.30. The monoisotopic (exact) mass is 520 g/mol. The van der Waals surface area contributed by atoms with Gasteiger partial charge in [0.05, 0.1) is 48.6 Å². The Morgan fingerprint density at radius 2 is 1.72 bits per heavy atom. The first-order chi connectivity index (χ1) is 16.9. The topological polar surface area (TPSA) is 142 Å². The lowest BCUT2D eigenvalue weighted by atomic mass is 9.84. The maximum Gasteiger partial charge on any atom is 0.311 e. The number of ether oxygens (including phenoxy) is 7. The number of methoxy groups -OCH3 is 2. The molecule has 0 aromatic heterocycles. The molecule has 0 amide bonds. The van der Waals surface area contributed by atoms with Gasteiger partial charge in [-0.1, -0.05) is 6.92 Å². The van der Waals surface area contributed by atoms with Gasteiger partial charge in [-0.05, 0) is 27.7 Å². The Labute approximate surface area is 213 Å². The van der Waals surface area contributed by atoms with Crippen molar-refractivity contribution in [3.63, 3.8) is 0 Å². The quantitative estimate of drug-likeness (QED) is 0.371. The van der Waals surface area contributed by atoms with E-state index in [0.29, 0.717) is 12.8 Å². The molecule has 3 heterocycles. The molecule has 3 aliphatic heterocycles. The first-order valence-corrected chi connectivity index (χ1v) is 12.8. The molecule has 3 fully saturated rings. The lowest BCUT2D eigenvalue weighted by Crippen LogP contribution is -2.59. The smallest absolute Gasteiger partial charge is 0.311 e. The summed E-state index contributed by atoms with van der Waals surface area (Å²) in [6.07, 6.45) is -5.43. The van der Waals surface area contributed by atoms with Gasteiger partial charge in [-0.25, -0.2) is 0 Å². The van der Waals surface area contributed by atoms with Gasteiger partial charge in [0.1, 0.15) is 18.3 Å². The predicted molar refractivity (Wildman–Crippen MR) is 126 cm³/mol. The number of hydrogen-bond donors (Lipinski definition) is 3. The Kier molecular flexibility index (Phi) is 10.1. The van der Waals surface area contributed by atoms with E-state index in [2.05, 4.69) is 0 Å². The molecule has 13 atom stereocenters. The second-order valence-electron chi connectivity index (χ2n) is 10.7. The normalized spacial score (nSPS) is 46.8. The second kappa shape index (κ2) is 12.3. The number of esters is 1. The number of hydrogen-bond acceptors (Lipinski definition) is 11. The highest BCUT2D eigenvalue weighted by atomic mass is 16.7. The summed E-state index contributed by atoms with van der Waals surface area (Å²) in [7, 11) is 3.07. The highest BCUT2D eigenvalue weighted by molar-refractivity contribution is 5.73. The zero-order valence-electron chi connectivity index (χ0n) is 22.4. The highest BCUT2D eigenvalue weighted by Crippen LogP contribution is 2.36. The SMILES string of the molecule is COC[C@@H](C[C@H]1OC(=O)[C@H](C)[C@@H](O)[C@H]1C)O[C@H]1C[C@](C)(O)[C@@H](O[C@H]2C[C@@H](OC)[C@H](O)[C@@H](C)O2)[C@H](C)O1. The maximum atomic E-state index is 12.1. The summed E-state index contributed by atoms with van der Waals surface area (Å²) < 4.78 is 40.4. The first-order valence-electron chi connectivity index (χ1n) is 12.8. The molecule has 11 nitrogen and oxygen atoms in total. The standard InChI is InChI=1S/C25H44O11/c1-12-17(35-24(28)13(2)21(12)26)8-16(11-30-6)34-20-10-25(5,29)23(15(4)33-20)36-19-9-18(31-7)22(27)14(3)32-19/h12-23,26-27,29H,8-11H2,1-7H3/t12-,13+,14+,15-,16+,17+,18+,19-,20-,21-,22+,23-,25-/m0/s1. The molecule has 0 radical (unpaired) electrons. The molecule has 0 saturated carbocycles. The third-order valence-electron chi connectivity index (χ3n) is 7.71. The number of rotatable bonds is 9. The van der Waals surface area contributed by atoms with Gasteiger partial charge in [-0.3, -0.25) is 4.79 Å². The van der Waals surface area contributed by atoms with Crippen molar-refractivity contribution in [1.82, 2.24) is 0 Å². The minimum atomic E-state index is -1.30. The lowest BCUT2D eigenvalue weighted by molar-refractivity contribution is -0.336. The van der Waals surface area contributed by atoms with Crippen molar-refractivity contribution in [2.45, 2.75) is 121 Å². The Morgan fingerprint density at radius 3 is 2.33 bits per heavy atom. The van der Waals surface area contributed by atoms with E-state index in [1.807, 2.05) is 6.92 Å². The van der Waals surface area contributed by atoms with E-state index in [1.165, 1.54) is 7.11 Å². The van der Waals surface area contributed by atoms with Crippen LogP contribution in [0.15, 0.2) is 0 Å². The van der Waals surface area contributed by atoms with Gasteiger partial charge in [0, 0.05) is 39.4 Å². The summed E-state index contributed by atoms with van der Waals surface area (Å²) in [4.78, 5) is 12.1. The first kappa shape index (κ1) is 29.7. The molecular weight excluding hydrogens is 476 g/mol. The Morgan fingerprint density at radius 1 is 1.06 bits per heavy atom. The second-order valence-corrected chi connectivity index (χ2v) is 10.7. The summed E-state index contributed by atoms with van der Waals surface area (Å²) in [6.45, 7) is 8.91. The fourth-order valence-electron chi connectivity index (χ4n) is 5.41. The van der Waals surface area contributed by atoms with Crippen LogP contribution >= 0.6 is 0 Å². The van der Waals surface area contributed by atoms with Crippen LogP contribution < -0.4 is 0 Å². The Balaban J connectivity index is 1.61. The molecule has 0 unspecified atom stereocenters. The molecule has 3 saturated heterocycles. The average Bonchev–Trinajstić information content (AvgIpc) is 2.80. The summed E-state index contributed by atoms with van der Waals surface area (Å²) in [5, 5.41) is 31.9. The van der Waals surface area contributed by atoms with Crippen LogP contribution in [0.2, 0.25) is 0 Å². The van der Waals surface area contributed by atoms with Crippen LogP contribution in [0.25, 0.3) is 0 Å². The molecule has 210 valence electrons. The van der Waals surface area contributed by atoms with Crippen molar-refractivity contribution in [3.05, 3.63) is 0 Å². The molecule has 0 aromatic rings. The van der Waals surface area contributed by atoms with Gasteiger partial charge in [0.25, 0.3) is 0 Å². The van der Waals surface area contributed by atoms with Crippen molar-refractivity contribution in [3.8, 4) is 0 Å². The predicted octanol–water partition coefficient (Wildman–Crippen LogP) is 0.749. The minimum Gasteiger partial charge on any atom is -0.462 e. The van der Waals surface area contributed by atoms with E-state index in [1.54, 1.807) is 34.8 Å². The van der Waals surface area contributed by atoms with Crippen molar-refractivity contribution in [2.75, 3.05) is 20.8 Å². The lowest BCUT2D eigenvalue weighted by Gasteiger charge is -2.47. The van der Waals surface area contributed by atoms with Crippen LogP contribution in [-0.4, -0.2) is 109 Å². The van der Waals surface area contributed by atoms with E-state index in [0.717, 1.165) is 0 Å². The highest BCUT2D eigenvalue weighted by Gasteiger charge is 2.49. The molecular formula is C25H44O11. The molecule has 3 aliphatic rings. The van der Waals surface area contributed by atoms with Gasteiger partial charge in [-0.15, -0.1) is 0 Å². The third kappa shape index (κ3) is 6.75. The van der Waals surface area contributed by atoms with Gasteiger partial charge >= 0.3 is 5.97 Å². The molecule has 0 bridgehead atoms. The fourth-order valence-corrected chi connectivity index (χ4v) is 5.41. The fraction of sp³-hybridized carbons (Fsp3) is 0.960. The molecule has 0 aliphatic carbocycles. The van der Waals surface area contributed by atoms with Crippen molar-refractivity contribution in [1.29, 1.82) is 0 Å². The summed E-state index contributed by atoms with van der Waals surface area (Å²) >= 11 is 0. The van der Waals surface area contributed by atoms with Crippen molar-refractivity contribution >= 4 is 5.97 Å². The number of aliphatic hydroxyl groups excluding tert-OH is 2. The Hall–Kier alpha value is -0.890. The van der Waals surface area contributed by atoms with Gasteiger partial charge < -0.3 is 48.5 Å². The molecule has 0 spiro atoms. The average molecular weight is 521 g/mol. The van der Waals surface area contributed by atoms with Crippen LogP contribution in [0.3, 0.4) is 0 Å². The number of aliphatic hydroxyl groups is 3. The van der Waals surface area contributed by atoms with E-state index in [-0.39, 0.29) is 18.9 Å². The van der Waals surface area contributed by atoms with E-state index >= 15 is 0 Å². The molecule has 3 N–H and O–H groups in total. The van der Waals surface area contributed by atoms with Gasteiger partial charge in [0.15, 0.2) is 12.6 Å². The third-order valence-corrected chi connectivity index (χ3v) is 7.71. The molecule has 3 rings (SSSR count). The number of carbonyl (C=O) groups is 1. The minimum absolute atomic E-state index is 0.125. The zero-order chi connectivity index (χ0) is 26.8. The summed E-state index contributed by atoms with van der Waals surface area (Å²) in [6, 6.07) is 0. The van der Waals surface area contributed by atoms with Crippen LogP contribution in [0.5, 0.6) is 0 Å². The van der Waals surface area contributed by atoms with Crippen LogP contribution in [-0.2, 0) is 38.0 Å². The van der Waals surface area contributed by atoms with Gasteiger partial charge in [0.2, 0.25) is 0 Å². The molecule has 36 heavy (non-hydrogen) atoms.